The second-order valence-electron chi connectivity index (χ2n) is 9.37. The second kappa shape index (κ2) is 9.51. The number of thiophene rings is 1. The zero-order chi connectivity index (χ0) is 26.4. The van der Waals surface area contributed by atoms with Crippen LogP contribution in [0.1, 0.15) is 53.6 Å². The summed E-state index contributed by atoms with van der Waals surface area (Å²) in [5.74, 6) is 0.338. The van der Waals surface area contributed by atoms with Gasteiger partial charge in [-0.15, -0.1) is 11.3 Å². The largest absolute Gasteiger partial charge is 0.437 e. The van der Waals surface area contributed by atoms with Crippen LogP contribution in [0.4, 0.5) is 4.39 Å². The van der Waals surface area contributed by atoms with E-state index in [1.54, 1.807) is 38.4 Å². The van der Waals surface area contributed by atoms with E-state index in [1.165, 1.54) is 18.4 Å². The maximum absolute atomic E-state index is 15.2. The lowest BCUT2D eigenvalue weighted by Crippen LogP contribution is -2.25. The number of aryl methyl sites for hydroxylation is 3. The number of carbonyl (C=O) groups excluding carboxylic acids is 1. The fourth-order valence-corrected chi connectivity index (χ4v) is 5.26. The highest BCUT2D eigenvalue weighted by atomic mass is 32.1. The van der Waals surface area contributed by atoms with Crippen LogP contribution in [0.25, 0.3) is 21.3 Å². The molecule has 3 N–H and O–H groups in total. The van der Waals surface area contributed by atoms with Gasteiger partial charge >= 0.3 is 0 Å². The Morgan fingerprint density at radius 2 is 2.03 bits per heavy atom. The van der Waals surface area contributed by atoms with Gasteiger partial charge in [-0.25, -0.2) is 9.37 Å². The first-order valence-electron chi connectivity index (χ1n) is 11.5. The summed E-state index contributed by atoms with van der Waals surface area (Å²) < 4.78 is 22.8. The van der Waals surface area contributed by atoms with Gasteiger partial charge in [0.2, 0.25) is 5.88 Å². The molecular formula is C26H29FN4O4S. The number of rotatable bonds is 7. The van der Waals surface area contributed by atoms with Gasteiger partial charge in [-0.1, -0.05) is 0 Å². The fourth-order valence-electron chi connectivity index (χ4n) is 3.99. The summed E-state index contributed by atoms with van der Waals surface area (Å²) in [6.45, 7) is 8.82. The number of amides is 1. The molecule has 0 saturated carbocycles. The summed E-state index contributed by atoms with van der Waals surface area (Å²) in [7, 11) is 1.60. The van der Waals surface area contributed by atoms with Crippen LogP contribution in [-0.2, 0) is 7.05 Å². The Morgan fingerprint density at radius 1 is 1.31 bits per heavy atom. The predicted octanol–water partition coefficient (Wildman–Crippen LogP) is 4.93. The van der Waals surface area contributed by atoms with Gasteiger partial charge in [0, 0.05) is 47.4 Å². The molecular weight excluding hydrogens is 483 g/mol. The van der Waals surface area contributed by atoms with Crippen LogP contribution in [0.2, 0.25) is 0 Å². The lowest BCUT2D eigenvalue weighted by atomic mass is 10.0. The molecule has 1 amide bonds. The Hall–Kier alpha value is -3.50. The lowest BCUT2D eigenvalue weighted by Gasteiger charge is -2.20. The highest BCUT2D eigenvalue weighted by molar-refractivity contribution is 7.16. The molecule has 0 fully saturated rings. The quantitative estimate of drug-likeness (QED) is 0.325. The molecule has 4 aromatic rings. The summed E-state index contributed by atoms with van der Waals surface area (Å²) in [5, 5.41) is 13.5. The number of nitrogens with one attached hydrogen (secondary N) is 2. The molecule has 1 atom stereocenters. The normalized spacial score (nSPS) is 12.7. The number of hydrogen-bond acceptors (Lipinski definition) is 6. The van der Waals surface area contributed by atoms with Gasteiger partial charge in [0.1, 0.15) is 17.0 Å². The Kier molecular flexibility index (Phi) is 6.76. The zero-order valence-corrected chi connectivity index (χ0v) is 21.8. The second-order valence-corrected chi connectivity index (χ2v) is 10.5. The van der Waals surface area contributed by atoms with Crippen molar-refractivity contribution in [1.82, 2.24) is 19.9 Å². The van der Waals surface area contributed by atoms with Crippen LogP contribution in [0, 0.1) is 13.8 Å². The van der Waals surface area contributed by atoms with Crippen molar-refractivity contribution in [1.29, 1.82) is 0 Å². The number of ether oxygens (including phenoxy) is 1. The van der Waals surface area contributed by atoms with Gasteiger partial charge in [0.15, 0.2) is 6.17 Å². The van der Waals surface area contributed by atoms with Gasteiger partial charge in [-0.3, -0.25) is 9.59 Å². The number of aromatic nitrogens is 3. The van der Waals surface area contributed by atoms with E-state index < -0.39 is 11.8 Å². The molecule has 1 unspecified atom stereocenters. The van der Waals surface area contributed by atoms with Gasteiger partial charge < -0.3 is 24.7 Å². The third kappa shape index (κ3) is 4.91. The van der Waals surface area contributed by atoms with Crippen molar-refractivity contribution in [3.05, 3.63) is 62.6 Å². The molecule has 0 bridgehead atoms. The van der Waals surface area contributed by atoms with Gasteiger partial charge in [0.25, 0.3) is 11.5 Å². The average Bonchev–Trinajstić information content (AvgIpc) is 3.40. The molecule has 4 heterocycles. The lowest BCUT2D eigenvalue weighted by molar-refractivity contribution is -0.00260. The Morgan fingerprint density at radius 3 is 2.67 bits per heavy atom. The van der Waals surface area contributed by atoms with Crippen LogP contribution in [0.5, 0.6) is 11.6 Å². The maximum atomic E-state index is 15.2. The molecule has 4 aromatic heterocycles. The summed E-state index contributed by atoms with van der Waals surface area (Å²) in [6, 6.07) is 6.85. The Bertz CT molecular complexity index is 1490. The monoisotopic (exact) mass is 512 g/mol. The zero-order valence-electron chi connectivity index (χ0n) is 21.0. The molecule has 0 radical (unpaired) electrons. The van der Waals surface area contributed by atoms with Crippen LogP contribution < -0.4 is 15.6 Å². The smallest absolute Gasteiger partial charge is 0.274 e. The van der Waals surface area contributed by atoms with E-state index in [0.29, 0.717) is 34.0 Å². The Labute approximate surface area is 211 Å². The number of carbonyl (C=O) groups is 1. The summed E-state index contributed by atoms with van der Waals surface area (Å²) >= 11 is 1.11. The molecule has 0 aliphatic heterocycles. The van der Waals surface area contributed by atoms with E-state index in [2.05, 4.69) is 15.3 Å². The number of halogens is 1. The number of fused-ring (bicyclic) bond motifs is 1. The molecule has 0 saturated heterocycles. The molecule has 0 aromatic carbocycles. The topological polar surface area (TPSA) is 109 Å². The van der Waals surface area contributed by atoms with Gasteiger partial charge in [-0.05, 0) is 58.4 Å². The third-order valence-corrected chi connectivity index (χ3v) is 6.85. The number of alkyl halides is 1. The molecule has 36 heavy (non-hydrogen) atoms. The number of hydrogen-bond donors (Lipinski definition) is 3. The molecule has 8 nitrogen and oxygen atoms in total. The fraction of sp³-hybridized carbons (Fsp3) is 0.346. The van der Waals surface area contributed by atoms with Crippen molar-refractivity contribution < 1.29 is 19.0 Å². The number of aromatic amines is 1. The summed E-state index contributed by atoms with van der Waals surface area (Å²) in [5.41, 5.74) is 0.875. The van der Waals surface area contributed by atoms with Crippen molar-refractivity contribution in [2.45, 2.75) is 46.4 Å². The van der Waals surface area contributed by atoms with Gasteiger partial charge in [0.05, 0.1) is 10.5 Å². The van der Waals surface area contributed by atoms with E-state index >= 15 is 4.39 Å². The first kappa shape index (κ1) is 25.6. The van der Waals surface area contributed by atoms with Crippen LogP contribution in [-0.4, -0.2) is 37.7 Å². The van der Waals surface area contributed by atoms with Crippen LogP contribution in [0.15, 0.2) is 35.3 Å². The van der Waals surface area contributed by atoms with Crippen LogP contribution in [0.3, 0.4) is 0 Å². The first-order valence-corrected chi connectivity index (χ1v) is 12.3. The molecule has 10 heteroatoms. The van der Waals surface area contributed by atoms with Crippen molar-refractivity contribution in [2.24, 2.45) is 7.05 Å². The standard InChI is InChI=1S/C26H29FN4O4S/c1-7-28-24(32)17-10-15-16(12-31(6)25(33)21(15)30-17)22-18(11-19(36-22)23(27)26(4,5)34)35-20-9-13(2)8-14(3)29-20/h8-12,23,30,34H,7H2,1-6H3,(H,28,32). The molecule has 0 aliphatic rings. The predicted molar refractivity (Wildman–Crippen MR) is 139 cm³/mol. The van der Waals surface area contributed by atoms with E-state index in [9.17, 15) is 14.7 Å². The van der Waals surface area contributed by atoms with Crippen molar-refractivity contribution in [3.63, 3.8) is 0 Å². The highest BCUT2D eigenvalue weighted by Gasteiger charge is 2.32. The minimum atomic E-state index is -1.68. The number of H-pyrrole nitrogens is 1. The first-order chi connectivity index (χ1) is 16.9. The SMILES string of the molecule is CCNC(=O)c1cc2c(-c3sc(C(F)C(C)(C)O)cc3Oc3cc(C)cc(C)n3)cn(C)c(=O)c2[nH]1. The minimum absolute atomic E-state index is 0.242. The minimum Gasteiger partial charge on any atom is -0.437 e. The third-order valence-electron chi connectivity index (χ3n) is 5.67. The van der Waals surface area contributed by atoms with E-state index in [1.807, 2.05) is 19.9 Å². The maximum Gasteiger partial charge on any atom is 0.274 e. The van der Waals surface area contributed by atoms with Crippen molar-refractivity contribution in [3.8, 4) is 22.1 Å². The highest BCUT2D eigenvalue weighted by Crippen LogP contribution is 2.47. The van der Waals surface area contributed by atoms with Crippen molar-refractivity contribution >= 4 is 28.1 Å². The van der Waals surface area contributed by atoms with Gasteiger partial charge in [-0.2, -0.15) is 0 Å². The van der Waals surface area contributed by atoms with E-state index in [-0.39, 0.29) is 27.6 Å². The van der Waals surface area contributed by atoms with Crippen LogP contribution >= 0.6 is 11.3 Å². The van der Waals surface area contributed by atoms with Crippen molar-refractivity contribution in [2.75, 3.05) is 6.54 Å². The van der Waals surface area contributed by atoms with E-state index in [4.69, 9.17) is 4.74 Å². The summed E-state index contributed by atoms with van der Waals surface area (Å²) in [6.07, 6.45) is -0.0414. The molecule has 0 aliphatic carbocycles. The number of nitrogens with zero attached hydrogens (tertiary/aromatic N) is 2. The number of pyridine rings is 2. The molecule has 190 valence electrons. The number of aliphatic hydroxyl groups is 1. The van der Waals surface area contributed by atoms with E-state index in [0.717, 1.165) is 22.6 Å². The molecule has 0 spiro atoms. The Balaban J connectivity index is 1.95. The molecule has 4 rings (SSSR count). The summed E-state index contributed by atoms with van der Waals surface area (Å²) in [4.78, 5) is 33.5. The average molecular weight is 513 g/mol.